The molecule has 3 aromatic carbocycles. The molecule has 1 aliphatic rings. The summed E-state index contributed by atoms with van der Waals surface area (Å²) in [5, 5.41) is 0.932. The van der Waals surface area contributed by atoms with Crippen molar-refractivity contribution in [2.45, 2.75) is 33.4 Å². The molecular weight excluding hydrogens is 675 g/mol. The Hall–Kier alpha value is -3.37. The van der Waals surface area contributed by atoms with Crippen LogP contribution < -0.4 is 24.4 Å². The van der Waals surface area contributed by atoms with Gasteiger partial charge in [0.05, 0.1) is 45.1 Å². The number of fused-ring (bicyclic) bond motifs is 1. The third-order valence-electron chi connectivity index (χ3n) is 6.65. The Bertz CT molecular complexity index is 1900. The summed E-state index contributed by atoms with van der Waals surface area (Å²) in [6.45, 7) is 6.31. The zero-order valence-corrected chi connectivity index (χ0v) is 27.4. The molecule has 1 atom stereocenters. The number of rotatable bonds is 9. The molecule has 0 amide bonds. The van der Waals surface area contributed by atoms with E-state index in [-0.39, 0.29) is 18.8 Å². The van der Waals surface area contributed by atoms with Crippen LogP contribution in [-0.2, 0) is 16.1 Å². The molecule has 0 N–H and O–H groups in total. The van der Waals surface area contributed by atoms with E-state index >= 15 is 0 Å². The third-order valence-corrected chi connectivity index (χ3v) is 8.90. The molecule has 4 aromatic rings. The van der Waals surface area contributed by atoms with Crippen LogP contribution in [0.3, 0.4) is 0 Å². The summed E-state index contributed by atoms with van der Waals surface area (Å²) in [4.78, 5) is 32.1. The number of hydrogen-bond acceptors (Lipinski definition) is 7. The monoisotopic (exact) mass is 700 g/mol. The van der Waals surface area contributed by atoms with Crippen molar-refractivity contribution in [2.24, 2.45) is 4.99 Å². The number of ether oxygens (including phenoxy) is 3. The lowest BCUT2D eigenvalue weighted by atomic mass is 9.96. The molecule has 0 unspecified atom stereocenters. The van der Waals surface area contributed by atoms with Gasteiger partial charge in [0.25, 0.3) is 5.56 Å². The smallest absolute Gasteiger partial charge is 0.338 e. The lowest BCUT2D eigenvalue weighted by Gasteiger charge is -2.24. The molecule has 11 heteroatoms. The molecule has 0 bridgehead atoms. The molecule has 222 valence electrons. The quantitative estimate of drug-likeness (QED) is 0.179. The van der Waals surface area contributed by atoms with E-state index in [0.717, 1.165) is 21.2 Å². The fourth-order valence-electron chi connectivity index (χ4n) is 4.70. The standard InChI is InChI=1S/C32H27BrCl2N2O5S/c1-4-40-26-15-19(7-13-25(26)42-17-20-6-12-23(34)24(35)14-20)16-27-30(38)37-29(21-8-10-22(33)11-9-21)28(31(39)41-5-2)18(3)36-32(37)43-27/h6-16,29H,4-5,17H2,1-3H3/b27-16-/t29-/m1/s1. The second kappa shape index (κ2) is 13.5. The number of allylic oxidation sites excluding steroid dienone is 1. The first-order chi connectivity index (χ1) is 20.7. The highest BCUT2D eigenvalue weighted by Crippen LogP contribution is 2.32. The van der Waals surface area contributed by atoms with E-state index in [1.807, 2.05) is 49.4 Å². The lowest BCUT2D eigenvalue weighted by Crippen LogP contribution is -2.39. The van der Waals surface area contributed by atoms with Crippen LogP contribution in [0, 0.1) is 0 Å². The van der Waals surface area contributed by atoms with Gasteiger partial charge in [0.2, 0.25) is 0 Å². The van der Waals surface area contributed by atoms with Crippen molar-refractivity contribution >= 4 is 62.5 Å². The van der Waals surface area contributed by atoms with Crippen molar-refractivity contribution in [1.29, 1.82) is 0 Å². The predicted molar refractivity (Wildman–Crippen MR) is 173 cm³/mol. The molecule has 0 fully saturated rings. The minimum atomic E-state index is -0.679. The molecule has 43 heavy (non-hydrogen) atoms. The van der Waals surface area contributed by atoms with Gasteiger partial charge in [-0.2, -0.15) is 0 Å². The van der Waals surface area contributed by atoms with Gasteiger partial charge in [0.15, 0.2) is 16.3 Å². The number of hydrogen-bond donors (Lipinski definition) is 0. The summed E-state index contributed by atoms with van der Waals surface area (Å²) in [6.07, 6.45) is 1.79. The summed E-state index contributed by atoms with van der Waals surface area (Å²) in [5.74, 6) is 0.595. The number of carbonyl (C=O) groups is 1. The van der Waals surface area contributed by atoms with Gasteiger partial charge in [0.1, 0.15) is 6.61 Å². The summed E-state index contributed by atoms with van der Waals surface area (Å²) in [5.41, 5.74) is 2.97. The fourth-order valence-corrected chi connectivity index (χ4v) is 6.33. The molecule has 0 spiro atoms. The minimum absolute atomic E-state index is 0.211. The number of halogens is 3. The van der Waals surface area contributed by atoms with Crippen LogP contribution in [0.15, 0.2) is 86.2 Å². The van der Waals surface area contributed by atoms with Gasteiger partial charge >= 0.3 is 5.97 Å². The Morgan fingerprint density at radius 3 is 2.47 bits per heavy atom. The van der Waals surface area contributed by atoms with Gasteiger partial charge in [-0.05, 0) is 79.9 Å². The second-order valence-electron chi connectivity index (χ2n) is 9.53. The molecule has 0 saturated carbocycles. The topological polar surface area (TPSA) is 79.1 Å². The van der Waals surface area contributed by atoms with Crippen molar-refractivity contribution in [3.8, 4) is 11.5 Å². The number of thiazole rings is 1. The zero-order chi connectivity index (χ0) is 30.7. The Morgan fingerprint density at radius 2 is 1.77 bits per heavy atom. The molecule has 1 aliphatic heterocycles. The Morgan fingerprint density at radius 1 is 1.00 bits per heavy atom. The highest BCUT2D eigenvalue weighted by Gasteiger charge is 2.33. The average Bonchev–Trinajstić information content (AvgIpc) is 3.28. The largest absolute Gasteiger partial charge is 0.490 e. The molecule has 5 rings (SSSR count). The van der Waals surface area contributed by atoms with Crippen LogP contribution in [0.2, 0.25) is 10.0 Å². The highest BCUT2D eigenvalue weighted by atomic mass is 79.9. The Labute approximate surface area is 270 Å². The number of carbonyl (C=O) groups excluding carboxylic acids is 1. The van der Waals surface area contributed by atoms with Crippen molar-refractivity contribution in [2.75, 3.05) is 13.2 Å². The van der Waals surface area contributed by atoms with E-state index in [2.05, 4.69) is 20.9 Å². The number of benzene rings is 3. The van der Waals surface area contributed by atoms with E-state index in [0.29, 0.717) is 48.8 Å². The normalized spacial score (nSPS) is 14.7. The highest BCUT2D eigenvalue weighted by molar-refractivity contribution is 9.10. The second-order valence-corrected chi connectivity index (χ2v) is 12.3. The van der Waals surface area contributed by atoms with E-state index in [1.54, 1.807) is 42.7 Å². The van der Waals surface area contributed by atoms with Crippen LogP contribution in [-0.4, -0.2) is 23.8 Å². The van der Waals surface area contributed by atoms with Crippen LogP contribution in [0.5, 0.6) is 11.5 Å². The molecule has 0 radical (unpaired) electrons. The third kappa shape index (κ3) is 6.75. The SMILES string of the molecule is CCOC(=O)C1=C(C)N=c2s/c(=C\c3ccc(OCc4ccc(Cl)c(Cl)c4)c(OCC)c3)c(=O)n2[C@@H]1c1ccc(Br)cc1. The summed E-state index contributed by atoms with van der Waals surface area (Å²) in [7, 11) is 0. The minimum Gasteiger partial charge on any atom is -0.490 e. The number of nitrogens with zero attached hydrogens (tertiary/aromatic N) is 2. The molecular formula is C32H27BrCl2N2O5S. The molecule has 0 saturated heterocycles. The molecule has 7 nitrogen and oxygen atoms in total. The van der Waals surface area contributed by atoms with E-state index in [1.165, 1.54) is 11.3 Å². The van der Waals surface area contributed by atoms with Gasteiger partial charge in [-0.25, -0.2) is 9.79 Å². The van der Waals surface area contributed by atoms with Gasteiger partial charge in [-0.3, -0.25) is 9.36 Å². The first-order valence-corrected chi connectivity index (χ1v) is 15.8. The fraction of sp³-hybridized carbons (Fsp3) is 0.219. The van der Waals surface area contributed by atoms with Crippen LogP contribution in [0.1, 0.15) is 43.5 Å². The zero-order valence-electron chi connectivity index (χ0n) is 23.5. The van der Waals surface area contributed by atoms with Crippen LogP contribution in [0.4, 0.5) is 0 Å². The van der Waals surface area contributed by atoms with E-state index < -0.39 is 12.0 Å². The summed E-state index contributed by atoms with van der Waals surface area (Å²) < 4.78 is 20.2. The summed E-state index contributed by atoms with van der Waals surface area (Å²) in [6, 6.07) is 17.7. The Balaban J connectivity index is 1.54. The van der Waals surface area contributed by atoms with Crippen molar-refractivity contribution in [3.05, 3.63) is 123 Å². The van der Waals surface area contributed by atoms with Gasteiger partial charge in [0, 0.05) is 4.47 Å². The van der Waals surface area contributed by atoms with E-state index in [9.17, 15) is 9.59 Å². The van der Waals surface area contributed by atoms with Crippen molar-refractivity contribution in [1.82, 2.24) is 4.57 Å². The van der Waals surface area contributed by atoms with Crippen LogP contribution in [0.25, 0.3) is 6.08 Å². The van der Waals surface area contributed by atoms with Gasteiger partial charge in [-0.1, -0.05) is 74.7 Å². The van der Waals surface area contributed by atoms with Gasteiger partial charge in [-0.15, -0.1) is 0 Å². The maximum Gasteiger partial charge on any atom is 0.338 e. The molecule has 1 aromatic heterocycles. The van der Waals surface area contributed by atoms with Crippen LogP contribution >= 0.6 is 50.5 Å². The maximum atomic E-state index is 13.9. The Kier molecular flexibility index (Phi) is 9.76. The van der Waals surface area contributed by atoms with Crippen molar-refractivity contribution < 1.29 is 19.0 Å². The first kappa shape index (κ1) is 31.1. The predicted octanol–water partition coefficient (Wildman–Crippen LogP) is 6.85. The first-order valence-electron chi connectivity index (χ1n) is 13.5. The summed E-state index contributed by atoms with van der Waals surface area (Å²) >= 11 is 16.9. The lowest BCUT2D eigenvalue weighted by molar-refractivity contribution is -0.139. The van der Waals surface area contributed by atoms with Gasteiger partial charge < -0.3 is 14.2 Å². The average molecular weight is 702 g/mol. The van der Waals surface area contributed by atoms with Crippen molar-refractivity contribution in [3.63, 3.8) is 0 Å². The number of aromatic nitrogens is 1. The maximum absolute atomic E-state index is 13.9. The van der Waals surface area contributed by atoms with E-state index in [4.69, 9.17) is 37.4 Å². The number of esters is 1. The molecule has 0 aliphatic carbocycles. The molecule has 2 heterocycles.